The summed E-state index contributed by atoms with van der Waals surface area (Å²) in [7, 11) is 0. The van der Waals surface area contributed by atoms with E-state index >= 15 is 0 Å². The molecule has 106 valence electrons. The molecular formula is C12H22O6. The molecule has 1 atom stereocenters. The second kappa shape index (κ2) is 11.0. The van der Waals surface area contributed by atoms with E-state index in [4.69, 9.17) is 19.7 Å². The standard InChI is InChI=1S/C12H22O6/c1-2-3-7-17-8-9-18-10(12(15)16)5-4-6-11(13)14/h10H,2-9H2,1H3,(H,13,14)(H,15,16). The van der Waals surface area contributed by atoms with Gasteiger partial charge in [-0.05, 0) is 19.3 Å². The highest BCUT2D eigenvalue weighted by Gasteiger charge is 2.17. The van der Waals surface area contributed by atoms with E-state index in [9.17, 15) is 9.59 Å². The molecule has 0 aliphatic heterocycles. The Bertz CT molecular complexity index is 241. The average Bonchev–Trinajstić information content (AvgIpc) is 2.30. The van der Waals surface area contributed by atoms with Gasteiger partial charge >= 0.3 is 11.9 Å². The van der Waals surface area contributed by atoms with Crippen molar-refractivity contribution in [3.05, 3.63) is 0 Å². The van der Waals surface area contributed by atoms with Crippen LogP contribution in [0, 0.1) is 0 Å². The maximum absolute atomic E-state index is 10.8. The van der Waals surface area contributed by atoms with E-state index in [-0.39, 0.29) is 19.4 Å². The van der Waals surface area contributed by atoms with E-state index < -0.39 is 18.0 Å². The number of ether oxygens (including phenoxy) is 2. The van der Waals surface area contributed by atoms with Gasteiger partial charge in [-0.2, -0.15) is 0 Å². The van der Waals surface area contributed by atoms with Crippen molar-refractivity contribution in [3.63, 3.8) is 0 Å². The number of carboxylic acid groups (broad SMARTS) is 2. The minimum absolute atomic E-state index is 0.0415. The number of hydrogen-bond donors (Lipinski definition) is 2. The first kappa shape index (κ1) is 16.9. The zero-order valence-electron chi connectivity index (χ0n) is 10.8. The van der Waals surface area contributed by atoms with Gasteiger partial charge in [-0.25, -0.2) is 4.79 Å². The van der Waals surface area contributed by atoms with Gasteiger partial charge in [0.2, 0.25) is 0 Å². The van der Waals surface area contributed by atoms with Crippen LogP contribution in [-0.2, 0) is 19.1 Å². The Hall–Kier alpha value is -1.14. The molecule has 0 amide bonds. The quantitative estimate of drug-likeness (QED) is 0.518. The summed E-state index contributed by atoms with van der Waals surface area (Å²) in [5, 5.41) is 17.3. The fourth-order valence-electron chi connectivity index (χ4n) is 1.31. The smallest absolute Gasteiger partial charge is 0.332 e. The van der Waals surface area contributed by atoms with Crippen molar-refractivity contribution in [3.8, 4) is 0 Å². The Morgan fingerprint density at radius 3 is 2.39 bits per heavy atom. The van der Waals surface area contributed by atoms with Gasteiger partial charge in [-0.1, -0.05) is 13.3 Å². The molecule has 0 saturated carbocycles. The molecule has 0 aliphatic rings. The molecule has 0 heterocycles. The molecule has 0 aromatic carbocycles. The van der Waals surface area contributed by atoms with Crippen molar-refractivity contribution in [2.24, 2.45) is 0 Å². The molecule has 0 aromatic rings. The monoisotopic (exact) mass is 262 g/mol. The Morgan fingerprint density at radius 2 is 1.83 bits per heavy atom. The van der Waals surface area contributed by atoms with Crippen LogP contribution < -0.4 is 0 Å². The van der Waals surface area contributed by atoms with Crippen molar-refractivity contribution in [2.45, 2.75) is 45.1 Å². The number of rotatable bonds is 12. The van der Waals surface area contributed by atoms with Crippen LogP contribution in [0.3, 0.4) is 0 Å². The third-order valence-electron chi connectivity index (χ3n) is 2.32. The van der Waals surface area contributed by atoms with Crippen LogP contribution in [0.25, 0.3) is 0 Å². The molecule has 0 radical (unpaired) electrons. The fourth-order valence-corrected chi connectivity index (χ4v) is 1.31. The van der Waals surface area contributed by atoms with Gasteiger partial charge in [0.25, 0.3) is 0 Å². The summed E-state index contributed by atoms with van der Waals surface area (Å²) >= 11 is 0. The van der Waals surface area contributed by atoms with Gasteiger partial charge < -0.3 is 19.7 Å². The number of unbranched alkanes of at least 4 members (excludes halogenated alkanes) is 1. The predicted molar refractivity (Wildman–Crippen MR) is 64.6 cm³/mol. The van der Waals surface area contributed by atoms with Crippen molar-refractivity contribution >= 4 is 11.9 Å². The summed E-state index contributed by atoms with van der Waals surface area (Å²) in [6, 6.07) is 0. The Balaban J connectivity index is 3.64. The molecule has 0 aliphatic carbocycles. The SMILES string of the molecule is CCCCOCCOC(CCCC(=O)O)C(=O)O. The number of hydrogen-bond acceptors (Lipinski definition) is 4. The minimum Gasteiger partial charge on any atom is -0.481 e. The first-order chi connectivity index (χ1) is 8.57. The summed E-state index contributed by atoms with van der Waals surface area (Å²) in [5.74, 6) is -1.99. The van der Waals surface area contributed by atoms with Crippen LogP contribution in [0.5, 0.6) is 0 Å². The predicted octanol–water partition coefficient (Wildman–Crippen LogP) is 1.53. The Kier molecular flexibility index (Phi) is 10.3. The largest absolute Gasteiger partial charge is 0.481 e. The van der Waals surface area contributed by atoms with Gasteiger partial charge in [0, 0.05) is 13.0 Å². The molecule has 2 N–H and O–H groups in total. The molecule has 0 rings (SSSR count). The molecule has 0 spiro atoms. The number of carboxylic acids is 2. The molecule has 0 fully saturated rings. The van der Waals surface area contributed by atoms with Gasteiger partial charge in [0.05, 0.1) is 13.2 Å². The highest BCUT2D eigenvalue weighted by molar-refractivity contribution is 5.72. The number of aliphatic carboxylic acids is 2. The highest BCUT2D eigenvalue weighted by atomic mass is 16.5. The first-order valence-corrected chi connectivity index (χ1v) is 6.21. The van der Waals surface area contributed by atoms with Gasteiger partial charge in [0.1, 0.15) is 0 Å². The zero-order chi connectivity index (χ0) is 13.8. The zero-order valence-corrected chi connectivity index (χ0v) is 10.8. The summed E-state index contributed by atoms with van der Waals surface area (Å²) in [5.41, 5.74) is 0. The van der Waals surface area contributed by atoms with Crippen LogP contribution in [0.2, 0.25) is 0 Å². The van der Waals surface area contributed by atoms with Crippen molar-refractivity contribution in [1.29, 1.82) is 0 Å². The summed E-state index contributed by atoms with van der Waals surface area (Å²) in [6.45, 7) is 3.29. The first-order valence-electron chi connectivity index (χ1n) is 6.21. The lowest BCUT2D eigenvalue weighted by atomic mass is 10.1. The molecule has 18 heavy (non-hydrogen) atoms. The number of carbonyl (C=O) groups is 2. The van der Waals surface area contributed by atoms with Gasteiger partial charge in [0.15, 0.2) is 6.10 Å². The van der Waals surface area contributed by atoms with Crippen molar-refractivity contribution < 1.29 is 29.3 Å². The average molecular weight is 262 g/mol. The maximum Gasteiger partial charge on any atom is 0.332 e. The van der Waals surface area contributed by atoms with E-state index in [0.29, 0.717) is 19.6 Å². The normalized spacial score (nSPS) is 12.3. The highest BCUT2D eigenvalue weighted by Crippen LogP contribution is 2.05. The van der Waals surface area contributed by atoms with Crippen LogP contribution in [0.1, 0.15) is 39.0 Å². The van der Waals surface area contributed by atoms with Gasteiger partial charge in [-0.3, -0.25) is 4.79 Å². The van der Waals surface area contributed by atoms with Crippen molar-refractivity contribution in [2.75, 3.05) is 19.8 Å². The molecule has 6 nitrogen and oxygen atoms in total. The lowest BCUT2D eigenvalue weighted by Gasteiger charge is -2.13. The third-order valence-corrected chi connectivity index (χ3v) is 2.32. The lowest BCUT2D eigenvalue weighted by Crippen LogP contribution is -2.25. The van der Waals surface area contributed by atoms with E-state index in [1.807, 2.05) is 0 Å². The maximum atomic E-state index is 10.8. The molecule has 0 saturated heterocycles. The summed E-state index contributed by atoms with van der Waals surface area (Å²) in [4.78, 5) is 21.1. The van der Waals surface area contributed by atoms with Crippen molar-refractivity contribution in [1.82, 2.24) is 0 Å². The molecule has 0 aromatic heterocycles. The molecule has 6 heteroatoms. The minimum atomic E-state index is -1.06. The summed E-state index contributed by atoms with van der Waals surface area (Å²) < 4.78 is 10.4. The molecule has 1 unspecified atom stereocenters. The Labute approximate surface area is 107 Å². The van der Waals surface area contributed by atoms with Gasteiger partial charge in [-0.15, -0.1) is 0 Å². The van der Waals surface area contributed by atoms with E-state index in [1.54, 1.807) is 0 Å². The van der Waals surface area contributed by atoms with Crippen LogP contribution >= 0.6 is 0 Å². The lowest BCUT2D eigenvalue weighted by molar-refractivity contribution is -0.152. The van der Waals surface area contributed by atoms with E-state index in [0.717, 1.165) is 12.8 Å². The Morgan fingerprint density at radius 1 is 1.11 bits per heavy atom. The third kappa shape index (κ3) is 10.0. The van der Waals surface area contributed by atoms with Crippen LogP contribution in [0.4, 0.5) is 0 Å². The molecule has 0 bridgehead atoms. The second-order valence-corrected chi connectivity index (χ2v) is 3.95. The summed E-state index contributed by atoms with van der Waals surface area (Å²) in [6.07, 6.45) is 1.54. The van der Waals surface area contributed by atoms with E-state index in [2.05, 4.69) is 6.92 Å². The topological polar surface area (TPSA) is 93.1 Å². The second-order valence-electron chi connectivity index (χ2n) is 3.95. The van der Waals surface area contributed by atoms with Crippen LogP contribution in [-0.4, -0.2) is 48.1 Å². The fraction of sp³-hybridized carbons (Fsp3) is 0.833. The van der Waals surface area contributed by atoms with Crippen LogP contribution in [0.15, 0.2) is 0 Å². The molecular weight excluding hydrogens is 240 g/mol. The van der Waals surface area contributed by atoms with E-state index in [1.165, 1.54) is 0 Å².